The molecule has 0 saturated carbocycles. The first-order chi connectivity index (χ1) is 13.1. The predicted octanol–water partition coefficient (Wildman–Crippen LogP) is 3.39. The van der Waals surface area contributed by atoms with Crippen molar-refractivity contribution in [3.05, 3.63) is 51.2 Å². The van der Waals surface area contributed by atoms with Crippen molar-refractivity contribution in [2.75, 3.05) is 0 Å². The van der Waals surface area contributed by atoms with Gasteiger partial charge in [0.15, 0.2) is 0 Å². The second kappa shape index (κ2) is 7.66. The third kappa shape index (κ3) is 4.43. The maximum absolute atomic E-state index is 12.5. The summed E-state index contributed by atoms with van der Waals surface area (Å²) in [5, 5.41) is 8.91. The molecule has 2 N–H and O–H groups in total. The Balaban J connectivity index is 1.69. The van der Waals surface area contributed by atoms with Gasteiger partial charge in [-0.1, -0.05) is 26.8 Å². The molecular weight excluding hydrogens is 394 g/mol. The van der Waals surface area contributed by atoms with Crippen LogP contribution in [0.25, 0.3) is 0 Å². The van der Waals surface area contributed by atoms with E-state index in [4.69, 9.17) is 5.26 Å². The van der Waals surface area contributed by atoms with Crippen molar-refractivity contribution in [2.45, 2.75) is 44.9 Å². The van der Waals surface area contributed by atoms with Crippen molar-refractivity contribution in [2.24, 2.45) is 11.3 Å². The molecule has 0 saturated heterocycles. The SMILES string of the molecule is CC(C)(C)[C@H]1CCc2sc(C(=O)NNS(=O)(=O)c3cccc(C#N)c3)cc2C1. The van der Waals surface area contributed by atoms with E-state index >= 15 is 0 Å². The number of carbonyl (C=O) groups excluding carboxylic acids is 1. The van der Waals surface area contributed by atoms with Crippen LogP contribution in [0.4, 0.5) is 0 Å². The summed E-state index contributed by atoms with van der Waals surface area (Å²) >= 11 is 1.42. The standard InChI is InChI=1S/C20H23N3O3S2/c1-20(2,3)15-7-8-17-14(10-15)11-18(27-17)19(24)22-23-28(25,26)16-6-4-5-13(9-16)12-21/h4-6,9,11,15,23H,7-8,10H2,1-3H3,(H,22,24)/t15-/m0/s1. The van der Waals surface area contributed by atoms with E-state index in [0.29, 0.717) is 10.8 Å². The molecule has 28 heavy (non-hydrogen) atoms. The maximum atomic E-state index is 12.5. The van der Waals surface area contributed by atoms with Crippen LogP contribution in [0.3, 0.4) is 0 Å². The summed E-state index contributed by atoms with van der Waals surface area (Å²) in [6.45, 7) is 6.70. The van der Waals surface area contributed by atoms with E-state index in [2.05, 4.69) is 31.0 Å². The fourth-order valence-corrected chi connectivity index (χ4v) is 5.33. The van der Waals surface area contributed by atoms with Crippen LogP contribution in [0.15, 0.2) is 35.2 Å². The van der Waals surface area contributed by atoms with Gasteiger partial charge in [-0.15, -0.1) is 16.2 Å². The number of sulfonamides is 1. The van der Waals surface area contributed by atoms with Crippen LogP contribution in [-0.2, 0) is 22.9 Å². The Kier molecular flexibility index (Phi) is 5.62. The minimum atomic E-state index is -3.95. The number of rotatable bonds is 4. The van der Waals surface area contributed by atoms with Gasteiger partial charge in [-0.3, -0.25) is 10.2 Å². The van der Waals surface area contributed by atoms with Gasteiger partial charge in [0.2, 0.25) is 0 Å². The van der Waals surface area contributed by atoms with Gasteiger partial charge < -0.3 is 0 Å². The van der Waals surface area contributed by atoms with Gasteiger partial charge in [-0.25, -0.2) is 8.42 Å². The van der Waals surface area contributed by atoms with Crippen molar-refractivity contribution in [3.8, 4) is 6.07 Å². The van der Waals surface area contributed by atoms with Crippen LogP contribution in [0.1, 0.15) is 52.9 Å². The second-order valence-electron chi connectivity index (χ2n) is 8.06. The average molecular weight is 418 g/mol. The number of amides is 1. The molecule has 1 atom stereocenters. The van der Waals surface area contributed by atoms with E-state index in [1.54, 1.807) is 0 Å². The van der Waals surface area contributed by atoms with Gasteiger partial charge in [0.25, 0.3) is 15.9 Å². The number of aryl methyl sites for hydroxylation is 1. The van der Waals surface area contributed by atoms with E-state index in [1.165, 1.54) is 46.0 Å². The molecule has 1 heterocycles. The highest BCUT2D eigenvalue weighted by atomic mass is 32.2. The number of hydrazine groups is 1. The number of carbonyl (C=O) groups is 1. The van der Waals surface area contributed by atoms with Crippen LogP contribution < -0.4 is 10.3 Å². The number of benzene rings is 1. The Labute approximate surface area is 169 Å². The number of nitrogens with zero attached hydrogens (tertiary/aromatic N) is 1. The summed E-state index contributed by atoms with van der Waals surface area (Å²) in [4.78, 5) is 16.2. The lowest BCUT2D eigenvalue weighted by Crippen LogP contribution is -2.41. The first kappa shape index (κ1) is 20.5. The third-order valence-electron chi connectivity index (χ3n) is 5.10. The monoisotopic (exact) mass is 417 g/mol. The van der Waals surface area contributed by atoms with Crippen LogP contribution >= 0.6 is 11.3 Å². The zero-order valence-corrected chi connectivity index (χ0v) is 17.7. The Morgan fingerprint density at radius 3 is 2.71 bits per heavy atom. The minimum Gasteiger partial charge on any atom is -0.273 e. The lowest BCUT2D eigenvalue weighted by atomic mass is 9.72. The lowest BCUT2D eigenvalue weighted by Gasteiger charge is -2.33. The Morgan fingerprint density at radius 2 is 2.04 bits per heavy atom. The fraction of sp³-hybridized carbons (Fsp3) is 0.400. The zero-order chi connectivity index (χ0) is 20.5. The highest BCUT2D eigenvalue weighted by Crippen LogP contribution is 2.40. The van der Waals surface area contributed by atoms with Crippen LogP contribution in [0.5, 0.6) is 0 Å². The number of hydrogen-bond acceptors (Lipinski definition) is 5. The molecule has 0 radical (unpaired) electrons. The van der Waals surface area contributed by atoms with Gasteiger partial charge in [0.05, 0.1) is 21.4 Å². The molecule has 1 aromatic carbocycles. The smallest absolute Gasteiger partial charge is 0.273 e. The van der Waals surface area contributed by atoms with Gasteiger partial charge in [0.1, 0.15) is 0 Å². The Bertz CT molecular complexity index is 1040. The molecule has 0 unspecified atom stereocenters. The summed E-state index contributed by atoms with van der Waals surface area (Å²) in [5.74, 6) is 0.0862. The number of nitrogens with one attached hydrogen (secondary N) is 2. The van der Waals surface area contributed by atoms with E-state index in [9.17, 15) is 13.2 Å². The molecule has 1 aromatic heterocycles. The van der Waals surface area contributed by atoms with Crippen molar-refractivity contribution < 1.29 is 13.2 Å². The van der Waals surface area contributed by atoms with Gasteiger partial charge in [0, 0.05) is 4.88 Å². The number of thiophene rings is 1. The molecular formula is C20H23N3O3S2. The number of hydrogen-bond donors (Lipinski definition) is 2. The van der Waals surface area contributed by atoms with Crippen molar-refractivity contribution in [1.29, 1.82) is 5.26 Å². The van der Waals surface area contributed by atoms with Crippen LogP contribution in [-0.4, -0.2) is 14.3 Å². The predicted molar refractivity (Wildman–Crippen MR) is 108 cm³/mol. The van der Waals surface area contributed by atoms with E-state index in [1.807, 2.05) is 12.1 Å². The first-order valence-corrected chi connectivity index (χ1v) is 11.3. The van der Waals surface area contributed by atoms with Gasteiger partial charge >= 0.3 is 0 Å². The fourth-order valence-electron chi connectivity index (χ4n) is 3.34. The molecule has 3 rings (SSSR count). The summed E-state index contributed by atoms with van der Waals surface area (Å²) in [6, 6.07) is 9.38. The van der Waals surface area contributed by atoms with Crippen molar-refractivity contribution in [1.82, 2.24) is 10.3 Å². The Hall–Kier alpha value is -2.21. The molecule has 1 aliphatic carbocycles. The quantitative estimate of drug-likeness (QED) is 0.745. The molecule has 0 spiro atoms. The molecule has 1 amide bonds. The molecule has 0 fully saturated rings. The lowest BCUT2D eigenvalue weighted by molar-refractivity contribution is 0.0949. The van der Waals surface area contributed by atoms with E-state index in [-0.39, 0.29) is 15.9 Å². The molecule has 0 aliphatic heterocycles. The highest BCUT2D eigenvalue weighted by molar-refractivity contribution is 7.89. The average Bonchev–Trinajstić information content (AvgIpc) is 3.09. The normalized spacial score (nSPS) is 16.9. The second-order valence-corrected chi connectivity index (χ2v) is 10.9. The van der Waals surface area contributed by atoms with E-state index in [0.717, 1.165) is 19.3 Å². The minimum absolute atomic E-state index is 0.0784. The summed E-state index contributed by atoms with van der Waals surface area (Å²) < 4.78 is 24.7. The maximum Gasteiger partial charge on any atom is 0.276 e. The highest BCUT2D eigenvalue weighted by Gasteiger charge is 2.30. The Morgan fingerprint density at radius 1 is 1.29 bits per heavy atom. The van der Waals surface area contributed by atoms with Gasteiger partial charge in [-0.2, -0.15) is 5.26 Å². The third-order valence-corrected chi connectivity index (χ3v) is 7.58. The van der Waals surface area contributed by atoms with Crippen LogP contribution in [0, 0.1) is 22.7 Å². The zero-order valence-electron chi connectivity index (χ0n) is 16.1. The largest absolute Gasteiger partial charge is 0.276 e. The van der Waals surface area contributed by atoms with Crippen LogP contribution in [0.2, 0.25) is 0 Å². The molecule has 1 aliphatic rings. The number of nitriles is 1. The first-order valence-electron chi connectivity index (χ1n) is 9.04. The summed E-state index contributed by atoms with van der Waals surface area (Å²) in [5.41, 5.74) is 3.91. The summed E-state index contributed by atoms with van der Waals surface area (Å²) in [6.07, 6.45) is 2.98. The molecule has 148 valence electrons. The molecule has 6 nitrogen and oxygen atoms in total. The topological polar surface area (TPSA) is 99.1 Å². The number of fused-ring (bicyclic) bond motifs is 1. The van der Waals surface area contributed by atoms with Crippen molar-refractivity contribution in [3.63, 3.8) is 0 Å². The van der Waals surface area contributed by atoms with E-state index < -0.39 is 15.9 Å². The molecule has 8 heteroatoms. The van der Waals surface area contributed by atoms with Crippen molar-refractivity contribution >= 4 is 27.3 Å². The molecule has 0 bridgehead atoms. The van der Waals surface area contributed by atoms with Gasteiger partial charge in [-0.05, 0) is 60.4 Å². The summed E-state index contributed by atoms with van der Waals surface area (Å²) in [7, 11) is -3.95. The molecule has 2 aromatic rings.